The maximum atomic E-state index is 15.0. The number of nitrogens with zero attached hydrogens (tertiary/aromatic N) is 4. The van der Waals surface area contributed by atoms with Crippen LogP contribution in [0.2, 0.25) is 10.0 Å². The third-order valence-electron chi connectivity index (χ3n) is 8.40. The second-order valence-corrected chi connectivity index (χ2v) is 11.8. The number of likely N-dealkylation sites (tertiary alicyclic amines) is 1. The normalized spacial score (nSPS) is 17.9. The van der Waals surface area contributed by atoms with Gasteiger partial charge in [-0.05, 0) is 69.3 Å². The Balaban J connectivity index is 1.36. The van der Waals surface area contributed by atoms with E-state index in [-0.39, 0.29) is 35.9 Å². The molecule has 3 aliphatic rings. The van der Waals surface area contributed by atoms with Crippen molar-refractivity contribution in [2.45, 2.75) is 25.3 Å². The van der Waals surface area contributed by atoms with Gasteiger partial charge in [-0.3, -0.25) is 14.8 Å². The molecule has 0 saturated carbocycles. The molecule has 0 bridgehead atoms. The molecular weight excluding hydrogens is 579 g/mol. The van der Waals surface area contributed by atoms with Crippen molar-refractivity contribution in [3.63, 3.8) is 0 Å². The Morgan fingerprint density at radius 1 is 1.00 bits per heavy atom. The zero-order valence-electron chi connectivity index (χ0n) is 23.2. The number of carbonyl (C=O) groups excluding carboxylic acids is 1. The summed E-state index contributed by atoms with van der Waals surface area (Å²) in [5, 5.41) is 4.10. The van der Waals surface area contributed by atoms with E-state index in [4.69, 9.17) is 23.2 Å². The summed E-state index contributed by atoms with van der Waals surface area (Å²) < 4.78 is 29.9. The molecule has 6 nitrogen and oxygen atoms in total. The van der Waals surface area contributed by atoms with Gasteiger partial charge < -0.3 is 15.1 Å². The van der Waals surface area contributed by atoms with E-state index in [0.29, 0.717) is 39.8 Å². The van der Waals surface area contributed by atoms with Gasteiger partial charge in [-0.15, -0.1) is 0 Å². The van der Waals surface area contributed by atoms with E-state index in [1.807, 2.05) is 29.0 Å². The Bertz CT molecular complexity index is 1660. The van der Waals surface area contributed by atoms with Crippen molar-refractivity contribution in [1.29, 1.82) is 0 Å². The predicted octanol–water partition coefficient (Wildman–Crippen LogP) is 6.60. The van der Waals surface area contributed by atoms with Gasteiger partial charge in [0.1, 0.15) is 18.3 Å². The van der Waals surface area contributed by atoms with E-state index in [9.17, 15) is 13.6 Å². The van der Waals surface area contributed by atoms with E-state index in [0.717, 1.165) is 29.8 Å². The molecule has 0 unspecified atom stereocenters. The van der Waals surface area contributed by atoms with Gasteiger partial charge in [-0.25, -0.2) is 8.78 Å². The van der Waals surface area contributed by atoms with Crippen LogP contribution in [0.3, 0.4) is 0 Å². The number of carbonyl (C=O) groups is 1. The number of fused-ring (bicyclic) bond motifs is 2. The molecule has 3 aliphatic heterocycles. The van der Waals surface area contributed by atoms with E-state index in [2.05, 4.69) is 22.2 Å². The van der Waals surface area contributed by atoms with Gasteiger partial charge in [0.15, 0.2) is 0 Å². The fourth-order valence-electron chi connectivity index (χ4n) is 5.76. The Labute approximate surface area is 253 Å². The molecule has 0 aliphatic carbocycles. The van der Waals surface area contributed by atoms with Gasteiger partial charge >= 0.3 is 0 Å². The average Bonchev–Trinajstić information content (AvgIpc) is 3.14. The molecule has 0 atom stereocenters. The van der Waals surface area contributed by atoms with Crippen LogP contribution in [-0.4, -0.2) is 61.6 Å². The summed E-state index contributed by atoms with van der Waals surface area (Å²) in [6, 6.07) is 14.4. The number of benzene rings is 3. The number of nitrogens with one attached hydrogen (secondary N) is 1. The lowest BCUT2D eigenvalue weighted by Crippen LogP contribution is -2.51. The molecule has 3 aromatic rings. The lowest BCUT2D eigenvalue weighted by atomic mass is 9.89. The molecule has 6 rings (SSSR count). The summed E-state index contributed by atoms with van der Waals surface area (Å²) in [5.41, 5.74) is 3.93. The molecule has 216 valence electrons. The topological polar surface area (TPSA) is 60.3 Å². The number of halogens is 4. The first kappa shape index (κ1) is 28.5. The van der Waals surface area contributed by atoms with E-state index in [1.165, 1.54) is 18.2 Å². The van der Waals surface area contributed by atoms with Crippen LogP contribution < -0.4 is 10.2 Å². The molecule has 0 radical (unpaired) electrons. The van der Waals surface area contributed by atoms with Gasteiger partial charge in [-0.1, -0.05) is 35.3 Å². The number of anilines is 1. The Morgan fingerprint density at radius 2 is 1.74 bits per heavy atom. The molecule has 42 heavy (non-hydrogen) atoms. The lowest BCUT2D eigenvalue weighted by molar-refractivity contribution is 0.0662. The number of rotatable bonds is 4. The first-order valence-corrected chi connectivity index (χ1v) is 14.5. The van der Waals surface area contributed by atoms with Gasteiger partial charge in [0.2, 0.25) is 0 Å². The van der Waals surface area contributed by atoms with Crippen LogP contribution in [0.5, 0.6) is 0 Å². The van der Waals surface area contributed by atoms with Crippen LogP contribution in [-0.2, 0) is 0 Å². The fraction of sp³-hybridized carbons (Fsp3) is 0.281. The molecule has 0 aromatic heterocycles. The zero-order chi connectivity index (χ0) is 29.6. The van der Waals surface area contributed by atoms with Gasteiger partial charge in [0.05, 0.1) is 34.1 Å². The zero-order valence-corrected chi connectivity index (χ0v) is 24.7. The van der Waals surface area contributed by atoms with Crippen LogP contribution in [0.1, 0.15) is 46.8 Å². The third kappa shape index (κ3) is 5.12. The highest BCUT2D eigenvalue weighted by Gasteiger charge is 2.33. The summed E-state index contributed by atoms with van der Waals surface area (Å²) in [4.78, 5) is 26.4. The van der Waals surface area contributed by atoms with Gasteiger partial charge in [0.25, 0.3) is 5.91 Å². The van der Waals surface area contributed by atoms with Crippen molar-refractivity contribution in [3.8, 4) is 0 Å². The second kappa shape index (κ2) is 11.2. The first-order valence-electron chi connectivity index (χ1n) is 13.8. The van der Waals surface area contributed by atoms with Crippen LogP contribution in [0.15, 0.2) is 70.2 Å². The predicted molar refractivity (Wildman–Crippen MR) is 165 cm³/mol. The van der Waals surface area contributed by atoms with E-state index < -0.39 is 11.6 Å². The maximum absolute atomic E-state index is 15.0. The highest BCUT2D eigenvalue weighted by atomic mass is 35.5. The van der Waals surface area contributed by atoms with Crippen molar-refractivity contribution in [3.05, 3.63) is 104 Å². The SMILES string of the molecule is CNC1(C)CCN(C(=O)c2ccc(N3CN=CC4=C3c3ccc(Cl)cc3C(c3c(F)cccc3F)=NC4)cc2Cl)CC1. The highest BCUT2D eigenvalue weighted by Crippen LogP contribution is 2.38. The molecule has 3 aromatic carbocycles. The lowest BCUT2D eigenvalue weighted by Gasteiger charge is -2.39. The van der Waals surface area contributed by atoms with Gasteiger partial charge in [0, 0.05) is 52.3 Å². The monoisotopic (exact) mass is 607 g/mol. The van der Waals surface area contributed by atoms with Crippen molar-refractivity contribution in [2.24, 2.45) is 9.98 Å². The number of amides is 1. The van der Waals surface area contributed by atoms with Crippen LogP contribution in [0, 0.1) is 11.6 Å². The van der Waals surface area contributed by atoms with Crippen molar-refractivity contribution in [1.82, 2.24) is 10.2 Å². The standard InChI is InChI=1S/C32H29Cl2F2N5O/c1-32(37-2)10-12-40(13-11-32)31(42)23-9-7-21(15-25(23)34)41-18-38-16-19-17-39-29(28-26(35)4-3-5-27(28)36)24-14-20(33)6-8-22(24)30(19)41/h3-9,14-16,37H,10-13,17-18H2,1-2H3. The molecule has 1 amide bonds. The fourth-order valence-corrected chi connectivity index (χ4v) is 6.19. The average molecular weight is 609 g/mol. The largest absolute Gasteiger partial charge is 0.338 e. The van der Waals surface area contributed by atoms with Crippen molar-refractivity contribution in [2.75, 3.05) is 38.3 Å². The molecule has 10 heteroatoms. The maximum Gasteiger partial charge on any atom is 0.255 e. The summed E-state index contributed by atoms with van der Waals surface area (Å²) in [6.07, 6.45) is 3.46. The molecular formula is C32H29Cl2F2N5O. The van der Waals surface area contributed by atoms with Crippen LogP contribution >= 0.6 is 23.2 Å². The number of hydrogen-bond donors (Lipinski definition) is 1. The minimum absolute atomic E-state index is 0.0193. The number of piperidine rings is 1. The number of hydrogen-bond acceptors (Lipinski definition) is 5. The van der Waals surface area contributed by atoms with Crippen molar-refractivity contribution >= 4 is 52.4 Å². The quantitative estimate of drug-likeness (QED) is 0.364. The molecule has 1 fully saturated rings. The van der Waals surface area contributed by atoms with Crippen molar-refractivity contribution < 1.29 is 13.6 Å². The summed E-state index contributed by atoms with van der Waals surface area (Å²) >= 11 is 13.1. The summed E-state index contributed by atoms with van der Waals surface area (Å²) in [6.45, 7) is 3.89. The Morgan fingerprint density at radius 3 is 2.43 bits per heavy atom. The van der Waals surface area contributed by atoms with E-state index in [1.54, 1.807) is 30.5 Å². The Kier molecular flexibility index (Phi) is 7.64. The van der Waals surface area contributed by atoms with Crippen LogP contribution in [0.25, 0.3) is 5.70 Å². The second-order valence-electron chi connectivity index (χ2n) is 11.0. The number of aliphatic imine (C=N–C) groups is 2. The Hall–Kier alpha value is -3.59. The molecule has 1 saturated heterocycles. The minimum atomic E-state index is -0.707. The summed E-state index contributed by atoms with van der Waals surface area (Å²) in [7, 11) is 1.95. The summed E-state index contributed by atoms with van der Waals surface area (Å²) in [5.74, 6) is -1.51. The van der Waals surface area contributed by atoms with Crippen LogP contribution in [0.4, 0.5) is 14.5 Å². The first-order chi connectivity index (χ1) is 20.2. The molecule has 1 N–H and O–H groups in total. The molecule has 0 spiro atoms. The third-order valence-corrected chi connectivity index (χ3v) is 8.94. The highest BCUT2D eigenvalue weighted by molar-refractivity contribution is 6.34. The minimum Gasteiger partial charge on any atom is -0.338 e. The smallest absolute Gasteiger partial charge is 0.255 e. The van der Waals surface area contributed by atoms with Gasteiger partial charge in [-0.2, -0.15) is 0 Å². The van der Waals surface area contributed by atoms with E-state index >= 15 is 0 Å². The molecule has 3 heterocycles.